The number of nitriles is 1. The van der Waals surface area contributed by atoms with Crippen LogP contribution in [-0.2, 0) is 20.8 Å². The lowest BCUT2D eigenvalue weighted by molar-refractivity contribution is -0.146. The summed E-state index contributed by atoms with van der Waals surface area (Å²) in [6, 6.07) is 9.26. The number of esters is 1. The summed E-state index contributed by atoms with van der Waals surface area (Å²) in [7, 11) is 0. The molecule has 1 aromatic rings. The lowest BCUT2D eigenvalue weighted by atomic mass is 10.0. The molecule has 1 rings (SSSR count). The first-order valence-corrected chi connectivity index (χ1v) is 7.91. The molecule has 0 heterocycles. The molecule has 0 fully saturated rings. The van der Waals surface area contributed by atoms with E-state index in [0.29, 0.717) is 36.9 Å². The van der Waals surface area contributed by atoms with Gasteiger partial charge < -0.3 is 9.47 Å². The van der Waals surface area contributed by atoms with E-state index in [1.807, 2.05) is 32.0 Å². The minimum Gasteiger partial charge on any atom is -0.462 e. The maximum atomic E-state index is 12.0. The molecule has 0 N–H and O–H groups in total. The summed E-state index contributed by atoms with van der Waals surface area (Å²) in [5.41, 5.74) is 1.48. The zero-order valence-corrected chi connectivity index (χ0v) is 14.2. The number of benzene rings is 1. The molecule has 0 saturated heterocycles. The summed E-state index contributed by atoms with van der Waals surface area (Å²) >= 11 is 5.84. The topological polar surface area (TPSA) is 71.7 Å². The predicted octanol–water partition coefficient (Wildman–Crippen LogP) is 3.41. The summed E-state index contributed by atoms with van der Waals surface area (Å²) in [6.07, 6.45) is 0.506. The van der Waals surface area contributed by atoms with Crippen molar-refractivity contribution in [2.24, 2.45) is 10.9 Å². The number of nitrogens with zero attached hydrogens (tertiary/aromatic N) is 2. The highest BCUT2D eigenvalue weighted by Gasteiger charge is 2.24. The number of halogens is 1. The third kappa shape index (κ3) is 6.81. The fourth-order valence-corrected chi connectivity index (χ4v) is 2.01. The largest absolute Gasteiger partial charge is 0.462 e. The van der Waals surface area contributed by atoms with Crippen molar-refractivity contribution in [2.75, 3.05) is 19.8 Å². The van der Waals surface area contributed by atoms with Gasteiger partial charge in [0.1, 0.15) is 6.61 Å². The number of aliphatic imine (C=N–C) groups is 1. The van der Waals surface area contributed by atoms with Crippen LogP contribution in [0.2, 0.25) is 5.02 Å². The highest BCUT2D eigenvalue weighted by molar-refractivity contribution is 6.30. The van der Waals surface area contributed by atoms with Crippen molar-refractivity contribution in [1.82, 2.24) is 0 Å². The quantitative estimate of drug-likeness (QED) is 0.393. The van der Waals surface area contributed by atoms with Crippen LogP contribution in [0.25, 0.3) is 0 Å². The Labute approximate surface area is 141 Å². The first-order valence-electron chi connectivity index (χ1n) is 7.54. The van der Waals surface area contributed by atoms with Crippen LogP contribution in [0, 0.1) is 17.2 Å². The molecule has 0 spiro atoms. The van der Waals surface area contributed by atoms with Crippen LogP contribution >= 0.6 is 11.6 Å². The Morgan fingerprint density at radius 2 is 2.00 bits per heavy atom. The molecule has 1 atom stereocenters. The zero-order chi connectivity index (χ0) is 17.1. The molecule has 0 amide bonds. The Morgan fingerprint density at radius 3 is 2.57 bits per heavy atom. The average molecular weight is 337 g/mol. The third-order valence-electron chi connectivity index (χ3n) is 3.11. The van der Waals surface area contributed by atoms with Crippen LogP contribution in [0.3, 0.4) is 0 Å². The Bertz CT molecular complexity index is 564. The first-order chi connectivity index (χ1) is 11.1. The van der Waals surface area contributed by atoms with E-state index in [9.17, 15) is 10.1 Å². The summed E-state index contributed by atoms with van der Waals surface area (Å²) in [5.74, 6) is -1.56. The summed E-state index contributed by atoms with van der Waals surface area (Å²) < 4.78 is 10.2. The molecule has 23 heavy (non-hydrogen) atoms. The summed E-state index contributed by atoms with van der Waals surface area (Å²) in [6.45, 7) is 5.13. The lowest BCUT2D eigenvalue weighted by Gasteiger charge is -2.11. The van der Waals surface area contributed by atoms with Crippen LogP contribution in [0.15, 0.2) is 29.3 Å². The Hall–Kier alpha value is -1.90. The molecule has 0 aromatic heterocycles. The van der Waals surface area contributed by atoms with Gasteiger partial charge in [0.25, 0.3) is 0 Å². The van der Waals surface area contributed by atoms with Crippen molar-refractivity contribution in [3.05, 3.63) is 34.9 Å². The van der Waals surface area contributed by atoms with Gasteiger partial charge in [-0.05, 0) is 31.0 Å². The molecular weight excluding hydrogens is 316 g/mol. The van der Waals surface area contributed by atoms with Gasteiger partial charge in [0.15, 0.2) is 5.92 Å². The van der Waals surface area contributed by atoms with Crippen molar-refractivity contribution >= 4 is 23.3 Å². The summed E-state index contributed by atoms with van der Waals surface area (Å²) in [5, 5.41) is 9.91. The van der Waals surface area contributed by atoms with E-state index in [2.05, 4.69) is 4.99 Å². The predicted molar refractivity (Wildman–Crippen MR) is 89.4 cm³/mol. The minimum atomic E-state index is -0.978. The average Bonchev–Trinajstić information content (AvgIpc) is 2.56. The number of carbonyl (C=O) groups excluding carboxylic acids is 1. The molecule has 1 aromatic carbocycles. The van der Waals surface area contributed by atoms with Crippen LogP contribution in [0.4, 0.5) is 0 Å². The monoisotopic (exact) mass is 336 g/mol. The first kappa shape index (κ1) is 19.1. The van der Waals surface area contributed by atoms with Crippen LogP contribution in [0.5, 0.6) is 0 Å². The van der Waals surface area contributed by atoms with Crippen molar-refractivity contribution < 1.29 is 14.3 Å². The highest BCUT2D eigenvalue weighted by Crippen LogP contribution is 2.12. The van der Waals surface area contributed by atoms with Gasteiger partial charge in [-0.1, -0.05) is 30.7 Å². The van der Waals surface area contributed by atoms with E-state index < -0.39 is 11.9 Å². The smallest absolute Gasteiger partial charge is 0.329 e. The van der Waals surface area contributed by atoms with Crippen LogP contribution in [-0.4, -0.2) is 31.5 Å². The zero-order valence-electron chi connectivity index (χ0n) is 13.4. The minimum absolute atomic E-state index is 0.138. The van der Waals surface area contributed by atoms with Gasteiger partial charge in [-0.3, -0.25) is 9.79 Å². The molecule has 0 aliphatic rings. The molecular formula is C17H21ClN2O3. The fraction of sp³-hybridized carbons (Fsp3) is 0.471. The van der Waals surface area contributed by atoms with E-state index in [1.54, 1.807) is 12.1 Å². The van der Waals surface area contributed by atoms with Gasteiger partial charge >= 0.3 is 5.97 Å². The molecule has 5 nitrogen and oxygen atoms in total. The van der Waals surface area contributed by atoms with Gasteiger partial charge in [-0.2, -0.15) is 5.26 Å². The van der Waals surface area contributed by atoms with E-state index in [0.717, 1.165) is 5.56 Å². The number of hydrogen-bond acceptors (Lipinski definition) is 5. The third-order valence-corrected chi connectivity index (χ3v) is 3.37. The van der Waals surface area contributed by atoms with Gasteiger partial charge in [0, 0.05) is 17.3 Å². The SMILES string of the molecule is CCOCCOC(=O)C(C#N)C(CC)=NCc1ccc(Cl)cc1. The molecule has 0 saturated carbocycles. The molecule has 0 bridgehead atoms. The molecule has 1 unspecified atom stereocenters. The second-order valence-corrected chi connectivity index (χ2v) is 5.15. The van der Waals surface area contributed by atoms with Gasteiger partial charge in [-0.15, -0.1) is 0 Å². The Morgan fingerprint density at radius 1 is 1.30 bits per heavy atom. The molecule has 0 radical (unpaired) electrons. The van der Waals surface area contributed by atoms with Crippen molar-refractivity contribution in [2.45, 2.75) is 26.8 Å². The Kier molecular flexibility index (Phi) is 8.96. The maximum absolute atomic E-state index is 12.0. The molecule has 6 heteroatoms. The van der Waals surface area contributed by atoms with E-state index in [1.165, 1.54) is 0 Å². The van der Waals surface area contributed by atoms with Gasteiger partial charge in [0.05, 0.1) is 19.2 Å². The summed E-state index contributed by atoms with van der Waals surface area (Å²) in [4.78, 5) is 16.4. The number of ether oxygens (including phenoxy) is 2. The maximum Gasteiger partial charge on any atom is 0.329 e. The number of hydrogen-bond donors (Lipinski definition) is 0. The van der Waals surface area contributed by atoms with Crippen molar-refractivity contribution in [3.63, 3.8) is 0 Å². The second-order valence-electron chi connectivity index (χ2n) is 4.71. The highest BCUT2D eigenvalue weighted by atomic mass is 35.5. The fourth-order valence-electron chi connectivity index (χ4n) is 1.88. The standard InChI is InChI=1S/C17H21ClN2O3/c1-3-16(20-12-13-5-7-14(18)8-6-13)15(11-19)17(21)23-10-9-22-4-2/h5-8,15H,3-4,9-10,12H2,1-2H3. The van der Waals surface area contributed by atoms with Crippen molar-refractivity contribution in [1.29, 1.82) is 5.26 Å². The molecule has 124 valence electrons. The van der Waals surface area contributed by atoms with Crippen molar-refractivity contribution in [3.8, 4) is 6.07 Å². The van der Waals surface area contributed by atoms with E-state index in [-0.39, 0.29) is 6.61 Å². The Balaban J connectivity index is 2.67. The molecule has 0 aliphatic heterocycles. The lowest BCUT2D eigenvalue weighted by Crippen LogP contribution is -2.26. The number of carbonyl (C=O) groups is 1. The van der Waals surface area contributed by atoms with Gasteiger partial charge in [0.2, 0.25) is 0 Å². The van der Waals surface area contributed by atoms with Gasteiger partial charge in [-0.25, -0.2) is 0 Å². The number of rotatable bonds is 9. The van der Waals surface area contributed by atoms with E-state index >= 15 is 0 Å². The van der Waals surface area contributed by atoms with E-state index in [4.69, 9.17) is 21.1 Å². The normalized spacial score (nSPS) is 12.5. The van der Waals surface area contributed by atoms with Crippen LogP contribution < -0.4 is 0 Å². The second kappa shape index (κ2) is 10.8. The van der Waals surface area contributed by atoms with Crippen LogP contribution in [0.1, 0.15) is 25.8 Å². The molecule has 0 aliphatic carbocycles.